The first-order valence-corrected chi connectivity index (χ1v) is 28.4. The van der Waals surface area contributed by atoms with Gasteiger partial charge in [0, 0.05) is 28.1 Å². The van der Waals surface area contributed by atoms with Crippen LogP contribution in [0.2, 0.25) is 19.6 Å². The maximum Gasteiger partial charge on any atom is 0.300 e. The molecule has 2 aliphatic carbocycles. The number of hydrogen-bond donors (Lipinski definition) is 0. The van der Waals surface area contributed by atoms with Crippen LogP contribution in [0.5, 0.6) is 0 Å². The van der Waals surface area contributed by atoms with Crippen molar-refractivity contribution in [2.75, 3.05) is 0 Å². The van der Waals surface area contributed by atoms with Gasteiger partial charge in [0.05, 0.1) is 20.1 Å². The number of nitrogens with zero attached hydrogens (tertiary/aromatic N) is 3. The van der Waals surface area contributed by atoms with Crippen molar-refractivity contribution >= 4 is 30.0 Å². The Kier molecular flexibility index (Phi) is 9.88. The summed E-state index contributed by atoms with van der Waals surface area (Å²) in [5.74, 6) is 2.30. The molecule has 4 aliphatic rings. The summed E-state index contributed by atoms with van der Waals surface area (Å²) in [6, 6.07) is 55.7. The van der Waals surface area contributed by atoms with Gasteiger partial charge in [0.25, 0.3) is 5.82 Å². The van der Waals surface area contributed by atoms with Gasteiger partial charge in [-0.2, -0.15) is 13.7 Å². The molecule has 3 nitrogen and oxygen atoms in total. The molecule has 0 saturated heterocycles. The standard InChI is InChI=1S/C62H63N3Si/c1-41-35-58-51(48-23-13-14-25-50(48)59-38-46(36-42-19-9-7-10-20-42)60(40-63(58)59)66(4,5)6)34-31-45-37-55-53(49-24-15-16-26-54(49)62(55,2)3)39-52(45)61-64(41)56-27-17-18-28-57(56)65(61)47-32-29-44(30-33-47)43-21-11-8-12-22-43/h8,11-18,21-30,32-33,37-40,42,51,58H,1,7,9-10,19-20,31,34-36H2,2-6H3/q+2. The summed E-state index contributed by atoms with van der Waals surface area (Å²) in [6.07, 6.45) is 13.7. The molecule has 66 heavy (non-hydrogen) atoms. The number of imidazole rings is 1. The molecule has 6 aromatic carbocycles. The van der Waals surface area contributed by atoms with E-state index in [-0.39, 0.29) is 11.5 Å². The van der Waals surface area contributed by atoms with Gasteiger partial charge >= 0.3 is 0 Å². The molecule has 0 radical (unpaired) electrons. The lowest BCUT2D eigenvalue weighted by molar-refractivity contribution is -0.716. The molecule has 2 aliphatic heterocycles. The minimum Gasteiger partial charge on any atom is -0.195 e. The second-order valence-electron chi connectivity index (χ2n) is 21.7. The molecule has 12 rings (SSSR count). The van der Waals surface area contributed by atoms with Crippen molar-refractivity contribution in [3.05, 3.63) is 186 Å². The minimum absolute atomic E-state index is 0.104. The van der Waals surface area contributed by atoms with Crippen LogP contribution in [-0.2, 0) is 18.3 Å². The maximum atomic E-state index is 5.18. The van der Waals surface area contributed by atoms with Gasteiger partial charge < -0.3 is 0 Å². The number of benzene rings is 6. The molecule has 1 saturated carbocycles. The van der Waals surface area contributed by atoms with E-state index in [9.17, 15) is 0 Å². The number of para-hydroxylation sites is 2. The number of hydrogen-bond acceptors (Lipinski definition) is 0. The summed E-state index contributed by atoms with van der Waals surface area (Å²) in [5, 5.41) is 1.64. The van der Waals surface area contributed by atoms with E-state index in [0.717, 1.165) is 36.6 Å². The monoisotopic (exact) mass is 877 g/mol. The molecule has 8 aromatic rings. The highest BCUT2D eigenvalue weighted by molar-refractivity contribution is 6.89. The second kappa shape index (κ2) is 15.8. The third kappa shape index (κ3) is 6.65. The zero-order valence-electron chi connectivity index (χ0n) is 39.6. The predicted molar refractivity (Wildman–Crippen MR) is 277 cm³/mol. The Balaban J connectivity index is 1.10. The van der Waals surface area contributed by atoms with E-state index in [2.05, 4.69) is 199 Å². The van der Waals surface area contributed by atoms with E-state index in [0.29, 0.717) is 5.92 Å². The highest BCUT2D eigenvalue weighted by Gasteiger charge is 2.46. The Morgan fingerprint density at radius 2 is 1.36 bits per heavy atom. The minimum atomic E-state index is -1.73. The van der Waals surface area contributed by atoms with Crippen molar-refractivity contribution in [2.24, 2.45) is 5.92 Å². The molecule has 2 atom stereocenters. The van der Waals surface area contributed by atoms with Crippen molar-refractivity contribution in [3.8, 4) is 50.6 Å². The van der Waals surface area contributed by atoms with Crippen molar-refractivity contribution in [1.29, 1.82) is 0 Å². The molecular formula is C62H63N3Si+2. The number of fused-ring (bicyclic) bond motifs is 14. The third-order valence-corrected chi connectivity index (χ3v) is 18.3. The lowest BCUT2D eigenvalue weighted by Crippen LogP contribution is -2.54. The molecule has 1 fully saturated rings. The van der Waals surface area contributed by atoms with Gasteiger partial charge in [0.2, 0.25) is 5.69 Å². The summed E-state index contributed by atoms with van der Waals surface area (Å²) in [6.45, 7) is 17.7. The molecule has 2 aromatic heterocycles. The lowest BCUT2D eigenvalue weighted by atomic mass is 9.76. The molecule has 4 heterocycles. The smallest absolute Gasteiger partial charge is 0.195 e. The number of aryl methyl sites for hydroxylation is 1. The lowest BCUT2D eigenvalue weighted by Gasteiger charge is -2.34. The van der Waals surface area contributed by atoms with Gasteiger partial charge in [-0.25, -0.2) is 0 Å². The van der Waals surface area contributed by atoms with Crippen molar-refractivity contribution in [1.82, 2.24) is 4.57 Å². The first kappa shape index (κ1) is 41.3. The van der Waals surface area contributed by atoms with Crippen molar-refractivity contribution in [3.63, 3.8) is 0 Å². The zero-order chi connectivity index (χ0) is 44.9. The van der Waals surface area contributed by atoms with Gasteiger partial charge in [0.1, 0.15) is 11.4 Å². The van der Waals surface area contributed by atoms with Gasteiger partial charge in [0.15, 0.2) is 23.3 Å². The Morgan fingerprint density at radius 1 is 0.667 bits per heavy atom. The van der Waals surface area contributed by atoms with Crippen molar-refractivity contribution in [2.45, 2.75) is 109 Å². The van der Waals surface area contributed by atoms with Gasteiger partial charge in [-0.1, -0.05) is 175 Å². The number of rotatable bonds is 5. The van der Waals surface area contributed by atoms with E-state index in [1.165, 1.54) is 117 Å². The fraction of sp³-hybridized carbons (Fsp3) is 0.290. The van der Waals surface area contributed by atoms with E-state index in [1.807, 2.05) is 0 Å². The van der Waals surface area contributed by atoms with Crippen LogP contribution < -0.4 is 14.3 Å². The number of pyridine rings is 1. The average Bonchev–Trinajstić information content (AvgIpc) is 3.79. The summed E-state index contributed by atoms with van der Waals surface area (Å²) in [7, 11) is -1.73. The fourth-order valence-electron chi connectivity index (χ4n) is 13.0. The highest BCUT2D eigenvalue weighted by atomic mass is 28.3. The normalized spacial score (nSPS) is 18.7. The van der Waals surface area contributed by atoms with Crippen LogP contribution in [0, 0.1) is 5.92 Å². The SMILES string of the molecule is C=C1CC2C(CCc3cc4c(cc3-c3n1c1ccccc1[n+]3-c1ccc(-c3ccccc3)cc1)-c1ccccc1C4(C)C)c1ccccc1-c1cc(CC3CCCCC3)c([Si](C)(C)C)c[n+]12. The average molecular weight is 878 g/mol. The predicted octanol–water partition coefficient (Wildman–Crippen LogP) is 14.3. The molecule has 2 unspecified atom stereocenters. The van der Waals surface area contributed by atoms with E-state index in [1.54, 1.807) is 10.8 Å². The third-order valence-electron chi connectivity index (χ3n) is 16.3. The van der Waals surface area contributed by atoms with E-state index >= 15 is 0 Å². The molecule has 4 heteroatoms. The molecule has 0 bridgehead atoms. The molecule has 0 spiro atoms. The Labute approximate surface area is 393 Å². The first-order chi connectivity index (χ1) is 32.0. The summed E-state index contributed by atoms with van der Waals surface area (Å²) in [5.41, 5.74) is 21.2. The summed E-state index contributed by atoms with van der Waals surface area (Å²) < 4.78 is 7.88. The second-order valence-corrected chi connectivity index (χ2v) is 26.7. The van der Waals surface area contributed by atoms with Gasteiger partial charge in [-0.05, 0) is 112 Å². The topological polar surface area (TPSA) is 12.7 Å². The Hall–Kier alpha value is -6.10. The number of allylic oxidation sites excluding steroid dienone is 1. The Morgan fingerprint density at radius 3 is 2.15 bits per heavy atom. The largest absolute Gasteiger partial charge is 0.300 e. The summed E-state index contributed by atoms with van der Waals surface area (Å²) >= 11 is 0. The van der Waals surface area contributed by atoms with Crippen LogP contribution in [0.25, 0.3) is 67.3 Å². The molecule has 0 amide bonds. The summed E-state index contributed by atoms with van der Waals surface area (Å²) in [4.78, 5) is 0. The highest BCUT2D eigenvalue weighted by Crippen LogP contribution is 2.52. The molecule has 0 N–H and O–H groups in total. The van der Waals surface area contributed by atoms with Crippen LogP contribution in [0.15, 0.2) is 158 Å². The first-order valence-electron chi connectivity index (χ1n) is 24.9. The van der Waals surface area contributed by atoms with Crippen LogP contribution >= 0.6 is 0 Å². The van der Waals surface area contributed by atoms with Crippen LogP contribution in [0.3, 0.4) is 0 Å². The molecular weight excluding hydrogens is 815 g/mol. The van der Waals surface area contributed by atoms with Gasteiger partial charge in [-0.3, -0.25) is 0 Å². The Bertz CT molecular complexity index is 3210. The van der Waals surface area contributed by atoms with Gasteiger partial charge in [-0.15, -0.1) is 0 Å². The van der Waals surface area contributed by atoms with E-state index < -0.39 is 8.07 Å². The van der Waals surface area contributed by atoms with Crippen LogP contribution in [0.1, 0.15) is 98.6 Å². The quantitative estimate of drug-likeness (QED) is 0.121. The van der Waals surface area contributed by atoms with Crippen LogP contribution in [-0.4, -0.2) is 12.6 Å². The zero-order valence-corrected chi connectivity index (χ0v) is 40.6. The van der Waals surface area contributed by atoms with Crippen LogP contribution in [0.4, 0.5) is 0 Å². The van der Waals surface area contributed by atoms with Crippen molar-refractivity contribution < 1.29 is 9.13 Å². The number of aromatic nitrogens is 3. The van der Waals surface area contributed by atoms with E-state index in [4.69, 9.17) is 6.58 Å². The maximum absolute atomic E-state index is 5.18. The fourth-order valence-corrected chi connectivity index (χ4v) is 14.6. The molecule has 328 valence electrons.